The molecule has 3 aliphatic heterocycles. The van der Waals surface area contributed by atoms with Crippen molar-refractivity contribution in [3.05, 3.63) is 23.8 Å². The van der Waals surface area contributed by atoms with Crippen molar-refractivity contribution in [3.63, 3.8) is 0 Å². The highest BCUT2D eigenvalue weighted by molar-refractivity contribution is 5.81. The molecule has 28 heavy (non-hydrogen) atoms. The molecule has 4 rings (SSSR count). The van der Waals surface area contributed by atoms with Crippen LogP contribution >= 0.6 is 0 Å². The fraction of sp³-hybridized carbons (Fsp3) is 0.714. The van der Waals surface area contributed by atoms with Crippen molar-refractivity contribution in [1.29, 1.82) is 0 Å². The van der Waals surface area contributed by atoms with E-state index in [-0.39, 0.29) is 23.3 Å². The molecule has 1 aromatic rings. The number of aromatic nitrogens is 2. The average molecular weight is 386 g/mol. The van der Waals surface area contributed by atoms with Gasteiger partial charge in [-0.3, -0.25) is 19.6 Å². The maximum absolute atomic E-state index is 12.7. The SMILES string of the molecule is Cc1cnc(CN2CC3(CCC2=O)CCN(C(=O)[C@H]2CCCCO2)CC3)cn1. The summed E-state index contributed by atoms with van der Waals surface area (Å²) in [7, 11) is 0. The maximum atomic E-state index is 12.7. The highest BCUT2D eigenvalue weighted by Gasteiger charge is 2.42. The largest absolute Gasteiger partial charge is 0.368 e. The van der Waals surface area contributed by atoms with E-state index in [0.29, 0.717) is 19.6 Å². The summed E-state index contributed by atoms with van der Waals surface area (Å²) in [6, 6.07) is 0. The second-order valence-corrected chi connectivity index (χ2v) is 8.58. The minimum atomic E-state index is -0.243. The number of likely N-dealkylation sites (tertiary alicyclic amines) is 2. The van der Waals surface area contributed by atoms with Gasteiger partial charge < -0.3 is 14.5 Å². The van der Waals surface area contributed by atoms with Gasteiger partial charge in [-0.25, -0.2) is 0 Å². The monoisotopic (exact) mass is 386 g/mol. The summed E-state index contributed by atoms with van der Waals surface area (Å²) in [5.74, 6) is 0.357. The smallest absolute Gasteiger partial charge is 0.251 e. The van der Waals surface area contributed by atoms with Gasteiger partial charge in [-0.05, 0) is 50.9 Å². The Kier molecular flexibility index (Phi) is 5.62. The second kappa shape index (κ2) is 8.15. The van der Waals surface area contributed by atoms with Crippen LogP contribution in [0, 0.1) is 12.3 Å². The van der Waals surface area contributed by atoms with Crippen molar-refractivity contribution < 1.29 is 14.3 Å². The van der Waals surface area contributed by atoms with Crippen LogP contribution in [0.5, 0.6) is 0 Å². The number of hydrogen-bond donors (Lipinski definition) is 0. The van der Waals surface area contributed by atoms with E-state index in [4.69, 9.17) is 4.74 Å². The summed E-state index contributed by atoms with van der Waals surface area (Å²) in [5.41, 5.74) is 1.83. The second-order valence-electron chi connectivity index (χ2n) is 8.58. The molecule has 0 unspecified atom stereocenters. The molecule has 3 saturated heterocycles. The Morgan fingerprint density at radius 2 is 2.04 bits per heavy atom. The molecule has 3 fully saturated rings. The third kappa shape index (κ3) is 4.19. The highest BCUT2D eigenvalue weighted by Crippen LogP contribution is 2.40. The quantitative estimate of drug-likeness (QED) is 0.795. The van der Waals surface area contributed by atoms with E-state index < -0.39 is 0 Å². The molecule has 3 aliphatic rings. The topological polar surface area (TPSA) is 75.6 Å². The van der Waals surface area contributed by atoms with Gasteiger partial charge in [0.05, 0.1) is 24.1 Å². The number of carbonyl (C=O) groups is 2. The summed E-state index contributed by atoms with van der Waals surface area (Å²) in [6.07, 6.45) is 9.65. The van der Waals surface area contributed by atoms with E-state index in [0.717, 1.165) is 69.5 Å². The lowest BCUT2D eigenvalue weighted by Crippen LogP contribution is -2.53. The molecule has 7 heteroatoms. The van der Waals surface area contributed by atoms with E-state index in [2.05, 4.69) is 9.97 Å². The van der Waals surface area contributed by atoms with Gasteiger partial charge in [0.25, 0.3) is 5.91 Å². The Hall–Kier alpha value is -2.02. The molecule has 4 heterocycles. The minimum absolute atomic E-state index is 0.121. The number of amides is 2. The zero-order valence-corrected chi connectivity index (χ0v) is 16.7. The van der Waals surface area contributed by atoms with Crippen molar-refractivity contribution in [2.75, 3.05) is 26.2 Å². The maximum Gasteiger partial charge on any atom is 0.251 e. The Labute approximate surface area is 166 Å². The highest BCUT2D eigenvalue weighted by atomic mass is 16.5. The average Bonchev–Trinajstić information content (AvgIpc) is 2.73. The minimum Gasteiger partial charge on any atom is -0.368 e. The zero-order chi connectivity index (χ0) is 19.6. The van der Waals surface area contributed by atoms with E-state index in [1.807, 2.05) is 16.7 Å². The van der Waals surface area contributed by atoms with Crippen molar-refractivity contribution in [1.82, 2.24) is 19.8 Å². The fourth-order valence-electron chi connectivity index (χ4n) is 4.69. The van der Waals surface area contributed by atoms with Crippen LogP contribution in [0.15, 0.2) is 12.4 Å². The standard InChI is InChI=1S/C21H30N4O3/c1-16-12-23-17(13-22-16)14-25-15-21(6-5-19(25)26)7-9-24(10-8-21)20(27)18-4-2-3-11-28-18/h12-13,18H,2-11,14-15H2,1H3/t18-/m1/s1. The van der Waals surface area contributed by atoms with Crippen molar-refractivity contribution in [2.45, 2.75) is 64.5 Å². The Morgan fingerprint density at radius 3 is 2.71 bits per heavy atom. The van der Waals surface area contributed by atoms with Gasteiger partial charge in [0.1, 0.15) is 6.10 Å². The number of aryl methyl sites for hydroxylation is 1. The van der Waals surface area contributed by atoms with Crippen LogP contribution in [-0.4, -0.2) is 63.9 Å². The van der Waals surface area contributed by atoms with Crippen LogP contribution in [0.25, 0.3) is 0 Å². The predicted molar refractivity (Wildman–Crippen MR) is 103 cm³/mol. The van der Waals surface area contributed by atoms with Gasteiger partial charge in [-0.1, -0.05) is 0 Å². The number of carbonyl (C=O) groups excluding carboxylic acids is 2. The molecule has 152 valence electrons. The number of nitrogens with zero attached hydrogens (tertiary/aromatic N) is 4. The summed E-state index contributed by atoms with van der Waals surface area (Å²) < 4.78 is 5.68. The lowest BCUT2D eigenvalue weighted by Gasteiger charge is -2.47. The van der Waals surface area contributed by atoms with Crippen molar-refractivity contribution in [3.8, 4) is 0 Å². The molecule has 7 nitrogen and oxygen atoms in total. The summed E-state index contributed by atoms with van der Waals surface area (Å²) in [6.45, 7) is 5.42. The van der Waals surface area contributed by atoms with E-state index in [9.17, 15) is 9.59 Å². The fourth-order valence-corrected chi connectivity index (χ4v) is 4.69. The van der Waals surface area contributed by atoms with Gasteiger partial charge in [0, 0.05) is 38.9 Å². The molecule has 1 spiro atoms. The Bertz CT molecular complexity index is 707. The normalized spacial score (nSPS) is 25.2. The van der Waals surface area contributed by atoms with E-state index in [1.54, 1.807) is 12.4 Å². The van der Waals surface area contributed by atoms with Gasteiger partial charge in [-0.15, -0.1) is 0 Å². The first-order valence-electron chi connectivity index (χ1n) is 10.5. The Morgan fingerprint density at radius 1 is 1.21 bits per heavy atom. The van der Waals surface area contributed by atoms with Crippen LogP contribution in [0.3, 0.4) is 0 Å². The van der Waals surface area contributed by atoms with Gasteiger partial charge in [0.15, 0.2) is 0 Å². The first kappa shape index (κ1) is 19.3. The molecular weight excluding hydrogens is 356 g/mol. The third-order valence-corrected chi connectivity index (χ3v) is 6.53. The molecule has 0 radical (unpaired) electrons. The summed E-state index contributed by atoms with van der Waals surface area (Å²) in [4.78, 5) is 37.8. The van der Waals surface area contributed by atoms with Gasteiger partial charge >= 0.3 is 0 Å². The Balaban J connectivity index is 1.35. The van der Waals surface area contributed by atoms with Crippen LogP contribution in [0.4, 0.5) is 0 Å². The van der Waals surface area contributed by atoms with Gasteiger partial charge in [0.2, 0.25) is 5.91 Å². The molecule has 0 bridgehead atoms. The first-order chi connectivity index (χ1) is 13.5. The lowest BCUT2D eigenvalue weighted by atomic mass is 9.72. The number of piperidine rings is 2. The molecule has 1 atom stereocenters. The van der Waals surface area contributed by atoms with Crippen LogP contribution in [0.1, 0.15) is 56.3 Å². The molecule has 0 N–H and O–H groups in total. The predicted octanol–water partition coefficient (Wildman–Crippen LogP) is 2.09. The third-order valence-electron chi connectivity index (χ3n) is 6.53. The lowest BCUT2D eigenvalue weighted by molar-refractivity contribution is -0.151. The molecule has 0 aliphatic carbocycles. The summed E-state index contributed by atoms with van der Waals surface area (Å²) in [5, 5.41) is 0. The van der Waals surface area contributed by atoms with Crippen molar-refractivity contribution >= 4 is 11.8 Å². The summed E-state index contributed by atoms with van der Waals surface area (Å²) >= 11 is 0. The number of ether oxygens (including phenoxy) is 1. The zero-order valence-electron chi connectivity index (χ0n) is 16.7. The van der Waals surface area contributed by atoms with Crippen LogP contribution in [0.2, 0.25) is 0 Å². The molecule has 0 saturated carbocycles. The first-order valence-corrected chi connectivity index (χ1v) is 10.5. The van der Waals surface area contributed by atoms with Crippen LogP contribution < -0.4 is 0 Å². The van der Waals surface area contributed by atoms with Crippen molar-refractivity contribution in [2.24, 2.45) is 5.41 Å². The molecule has 0 aromatic carbocycles. The van der Waals surface area contributed by atoms with E-state index in [1.165, 1.54) is 0 Å². The van der Waals surface area contributed by atoms with Gasteiger partial charge in [-0.2, -0.15) is 0 Å². The van der Waals surface area contributed by atoms with Crippen LogP contribution in [-0.2, 0) is 20.9 Å². The number of hydrogen-bond acceptors (Lipinski definition) is 5. The van der Waals surface area contributed by atoms with E-state index >= 15 is 0 Å². The molecule has 1 aromatic heterocycles. The number of rotatable bonds is 3. The molecular formula is C21H30N4O3. The molecule has 2 amide bonds.